The van der Waals surface area contributed by atoms with Crippen molar-refractivity contribution in [2.45, 2.75) is 117 Å². The molecular formula is C36H48N2O4S. The third kappa shape index (κ3) is 7.97. The molecule has 2 aromatic heterocycles. The SMILES string of the molecule is CC(C)c1ccc(CC(NC(=O)c2cc3ccc(OC4CCC(C(C)(C)C)CC4)cc3c(CC3CCCC3)n2)C(=O)O)s1. The Morgan fingerprint density at radius 3 is 2.37 bits per heavy atom. The van der Waals surface area contributed by atoms with Crippen LogP contribution < -0.4 is 10.1 Å². The first-order chi connectivity index (χ1) is 20.5. The predicted molar refractivity (Wildman–Crippen MR) is 174 cm³/mol. The summed E-state index contributed by atoms with van der Waals surface area (Å²) in [6.07, 6.45) is 10.6. The Morgan fingerprint density at radius 2 is 1.74 bits per heavy atom. The number of carbonyl (C=O) groups excluding carboxylic acids is 1. The second-order valence-corrected chi connectivity index (χ2v) is 15.4. The molecule has 5 rings (SSSR count). The summed E-state index contributed by atoms with van der Waals surface area (Å²) >= 11 is 1.60. The number of benzene rings is 1. The quantitative estimate of drug-likeness (QED) is 0.242. The van der Waals surface area contributed by atoms with Gasteiger partial charge in [-0.1, -0.05) is 66.4 Å². The van der Waals surface area contributed by atoms with Crippen LogP contribution in [0.4, 0.5) is 0 Å². The van der Waals surface area contributed by atoms with Gasteiger partial charge in [-0.25, -0.2) is 9.78 Å². The molecule has 2 N–H and O–H groups in total. The molecule has 0 saturated heterocycles. The zero-order valence-corrected chi connectivity index (χ0v) is 27.3. The number of carboxylic acid groups (broad SMARTS) is 1. The second kappa shape index (κ2) is 13.4. The smallest absolute Gasteiger partial charge is 0.326 e. The van der Waals surface area contributed by atoms with E-state index in [2.05, 4.69) is 46.0 Å². The highest BCUT2D eigenvalue weighted by atomic mass is 32.1. The Kier molecular flexibility index (Phi) is 9.79. The summed E-state index contributed by atoms with van der Waals surface area (Å²) in [7, 11) is 0. The highest BCUT2D eigenvalue weighted by Gasteiger charge is 2.31. The number of hydrogen-bond donors (Lipinski definition) is 2. The van der Waals surface area contributed by atoms with Crippen molar-refractivity contribution in [2.75, 3.05) is 0 Å². The average Bonchev–Trinajstić information content (AvgIpc) is 3.65. The van der Waals surface area contributed by atoms with E-state index in [1.54, 1.807) is 17.4 Å². The molecule has 0 aliphatic heterocycles. The van der Waals surface area contributed by atoms with E-state index < -0.39 is 17.9 Å². The third-order valence-corrected chi connectivity index (χ3v) is 10.9. The molecule has 1 aromatic carbocycles. The van der Waals surface area contributed by atoms with Gasteiger partial charge in [-0.2, -0.15) is 0 Å². The maximum atomic E-state index is 13.5. The number of amides is 1. The maximum Gasteiger partial charge on any atom is 0.326 e. The zero-order valence-electron chi connectivity index (χ0n) is 26.4. The minimum Gasteiger partial charge on any atom is -0.490 e. The van der Waals surface area contributed by atoms with Gasteiger partial charge >= 0.3 is 5.97 Å². The van der Waals surface area contributed by atoms with Gasteiger partial charge in [0.05, 0.1) is 6.10 Å². The summed E-state index contributed by atoms with van der Waals surface area (Å²) in [5, 5.41) is 14.7. The van der Waals surface area contributed by atoms with Crippen molar-refractivity contribution in [3.05, 3.63) is 57.5 Å². The van der Waals surface area contributed by atoms with E-state index in [9.17, 15) is 14.7 Å². The minimum absolute atomic E-state index is 0.222. The van der Waals surface area contributed by atoms with Gasteiger partial charge in [0.2, 0.25) is 0 Å². The van der Waals surface area contributed by atoms with Crippen LogP contribution in [0.15, 0.2) is 36.4 Å². The van der Waals surface area contributed by atoms with Crippen molar-refractivity contribution in [2.24, 2.45) is 17.3 Å². The molecule has 232 valence electrons. The maximum absolute atomic E-state index is 13.5. The molecule has 2 aliphatic rings. The summed E-state index contributed by atoms with van der Waals surface area (Å²) < 4.78 is 6.51. The molecule has 2 fully saturated rings. The third-order valence-electron chi connectivity index (χ3n) is 9.53. The van der Waals surface area contributed by atoms with Gasteiger partial charge in [0.15, 0.2) is 0 Å². The van der Waals surface area contributed by atoms with Gasteiger partial charge in [0.1, 0.15) is 17.5 Å². The molecule has 2 saturated carbocycles. The molecular weight excluding hydrogens is 556 g/mol. The number of hydrogen-bond acceptors (Lipinski definition) is 5. The van der Waals surface area contributed by atoms with Crippen LogP contribution in [0.25, 0.3) is 10.8 Å². The summed E-state index contributed by atoms with van der Waals surface area (Å²) in [5.74, 6) is 1.04. The fraction of sp³-hybridized carbons (Fsp3) is 0.583. The molecule has 1 amide bonds. The molecule has 2 heterocycles. The Labute approximate surface area is 260 Å². The van der Waals surface area contributed by atoms with E-state index in [1.165, 1.54) is 43.4 Å². The summed E-state index contributed by atoms with van der Waals surface area (Å²) in [4.78, 5) is 32.6. The number of fused-ring (bicyclic) bond motifs is 1. The predicted octanol–water partition coefficient (Wildman–Crippen LogP) is 8.56. The standard InChI is InChI=1S/C36H48N2O4S/c1-22(2)33-17-16-28(43-33)21-32(35(40)41)38-34(39)31-19-24-10-13-27(42-26-14-11-25(12-15-26)36(3,4)5)20-29(24)30(37-31)18-23-8-6-7-9-23/h10,13,16-17,19-20,22-23,25-26,32H,6-9,11-12,14-15,18,21H2,1-5H3,(H,38,39)(H,40,41). The molecule has 6 nitrogen and oxygen atoms in total. The van der Waals surface area contributed by atoms with Gasteiger partial charge < -0.3 is 15.2 Å². The molecule has 1 unspecified atom stereocenters. The molecule has 0 radical (unpaired) electrons. The normalized spacial score (nSPS) is 20.4. The Bertz CT molecular complexity index is 1420. The summed E-state index contributed by atoms with van der Waals surface area (Å²) in [6, 6.07) is 10.9. The monoisotopic (exact) mass is 604 g/mol. The van der Waals surface area contributed by atoms with E-state index in [0.717, 1.165) is 52.3 Å². The largest absolute Gasteiger partial charge is 0.490 e. The number of ether oxygens (including phenoxy) is 1. The fourth-order valence-corrected chi connectivity index (χ4v) is 7.88. The molecule has 3 aromatic rings. The molecule has 0 bridgehead atoms. The highest BCUT2D eigenvalue weighted by Crippen LogP contribution is 2.39. The number of aliphatic carboxylic acids is 1. The van der Waals surface area contributed by atoms with Gasteiger partial charge in [-0.15, -0.1) is 11.3 Å². The van der Waals surface area contributed by atoms with Crippen LogP contribution >= 0.6 is 11.3 Å². The van der Waals surface area contributed by atoms with Crippen LogP contribution in [-0.4, -0.2) is 34.1 Å². The topological polar surface area (TPSA) is 88.5 Å². The van der Waals surface area contributed by atoms with E-state index >= 15 is 0 Å². The van der Waals surface area contributed by atoms with Crippen LogP contribution in [0.5, 0.6) is 5.75 Å². The van der Waals surface area contributed by atoms with Gasteiger partial charge in [-0.3, -0.25) is 4.79 Å². The first kappa shape index (κ1) is 31.5. The molecule has 7 heteroatoms. The lowest BCUT2D eigenvalue weighted by Crippen LogP contribution is -2.42. The van der Waals surface area contributed by atoms with E-state index in [0.29, 0.717) is 17.3 Å². The Morgan fingerprint density at radius 1 is 1.02 bits per heavy atom. The lowest BCUT2D eigenvalue weighted by Gasteiger charge is -2.37. The van der Waals surface area contributed by atoms with Crippen LogP contribution in [-0.2, 0) is 17.6 Å². The molecule has 1 atom stereocenters. The highest BCUT2D eigenvalue weighted by molar-refractivity contribution is 7.12. The van der Waals surface area contributed by atoms with E-state index in [-0.39, 0.29) is 18.2 Å². The Hall–Kier alpha value is -2.93. The number of carboxylic acids is 1. The van der Waals surface area contributed by atoms with Gasteiger partial charge in [0.25, 0.3) is 5.91 Å². The minimum atomic E-state index is -1.04. The lowest BCUT2D eigenvalue weighted by molar-refractivity contribution is -0.139. The van der Waals surface area contributed by atoms with Crippen LogP contribution in [0.3, 0.4) is 0 Å². The van der Waals surface area contributed by atoms with Crippen molar-refractivity contribution >= 4 is 34.0 Å². The van der Waals surface area contributed by atoms with Crippen molar-refractivity contribution in [1.82, 2.24) is 10.3 Å². The van der Waals surface area contributed by atoms with E-state index in [4.69, 9.17) is 9.72 Å². The first-order valence-electron chi connectivity index (χ1n) is 16.2. The number of rotatable bonds is 10. The van der Waals surface area contributed by atoms with Crippen LogP contribution in [0, 0.1) is 17.3 Å². The Balaban J connectivity index is 1.35. The lowest BCUT2D eigenvalue weighted by atomic mass is 9.72. The number of nitrogens with one attached hydrogen (secondary N) is 1. The van der Waals surface area contributed by atoms with Crippen molar-refractivity contribution in [3.8, 4) is 5.75 Å². The molecule has 2 aliphatic carbocycles. The molecule has 0 spiro atoms. The van der Waals surface area contributed by atoms with Gasteiger partial charge in [-0.05, 0) is 91.0 Å². The second-order valence-electron chi connectivity index (χ2n) is 14.2. The van der Waals surface area contributed by atoms with E-state index in [1.807, 2.05) is 24.3 Å². The molecule has 43 heavy (non-hydrogen) atoms. The first-order valence-corrected chi connectivity index (χ1v) is 17.0. The van der Waals surface area contributed by atoms with Crippen molar-refractivity contribution < 1.29 is 19.4 Å². The van der Waals surface area contributed by atoms with Gasteiger partial charge in [0, 0.05) is 27.3 Å². The zero-order chi connectivity index (χ0) is 30.7. The fourth-order valence-electron chi connectivity index (χ4n) is 6.82. The number of pyridine rings is 1. The number of thiophene rings is 1. The number of aromatic nitrogens is 1. The van der Waals surface area contributed by atoms with Crippen molar-refractivity contribution in [3.63, 3.8) is 0 Å². The number of nitrogens with zero attached hydrogens (tertiary/aromatic N) is 1. The summed E-state index contributed by atoms with van der Waals surface area (Å²) in [6.45, 7) is 11.2. The van der Waals surface area contributed by atoms with Crippen LogP contribution in [0.2, 0.25) is 0 Å². The van der Waals surface area contributed by atoms with Crippen LogP contribution in [0.1, 0.15) is 118 Å². The summed E-state index contributed by atoms with van der Waals surface area (Å²) in [5.41, 5.74) is 1.52. The van der Waals surface area contributed by atoms with Crippen molar-refractivity contribution in [1.29, 1.82) is 0 Å². The number of carbonyl (C=O) groups is 2. The average molecular weight is 605 g/mol.